The molecule has 1 saturated carbocycles. The van der Waals surface area contributed by atoms with Crippen molar-refractivity contribution in [3.63, 3.8) is 0 Å². The van der Waals surface area contributed by atoms with Crippen LogP contribution < -0.4 is 5.32 Å². The van der Waals surface area contributed by atoms with E-state index in [-0.39, 0.29) is 6.04 Å². The third-order valence-electron chi connectivity index (χ3n) is 3.94. The molecule has 0 unspecified atom stereocenters. The summed E-state index contributed by atoms with van der Waals surface area (Å²) in [4.78, 5) is 8.75. The summed E-state index contributed by atoms with van der Waals surface area (Å²) in [5.41, 5.74) is 1.02. The second-order valence-electron chi connectivity index (χ2n) is 5.85. The van der Waals surface area contributed by atoms with Crippen LogP contribution in [0.25, 0.3) is 11.3 Å². The largest absolute Gasteiger partial charge is 0.439 e. The standard InChI is InChI=1S/C17H18N4O2/c1-11(18-10-15-20-16(21-23-15)13-7-8-13)17-19-9-14(22-17)12-5-3-2-4-6-12/h2-6,9,11,13,18H,7-8,10H2,1H3/t11-/m1/s1. The van der Waals surface area contributed by atoms with Gasteiger partial charge in [0.1, 0.15) is 0 Å². The van der Waals surface area contributed by atoms with Gasteiger partial charge in [0.25, 0.3) is 0 Å². The molecule has 6 heteroatoms. The molecule has 1 fully saturated rings. The van der Waals surface area contributed by atoms with E-state index in [1.165, 1.54) is 12.8 Å². The van der Waals surface area contributed by atoms with Gasteiger partial charge in [-0.1, -0.05) is 35.5 Å². The number of nitrogens with zero attached hydrogens (tertiary/aromatic N) is 3. The molecule has 118 valence electrons. The van der Waals surface area contributed by atoms with Crippen molar-refractivity contribution < 1.29 is 8.94 Å². The van der Waals surface area contributed by atoms with Gasteiger partial charge < -0.3 is 8.94 Å². The predicted octanol–water partition coefficient (Wildman–Crippen LogP) is 3.45. The van der Waals surface area contributed by atoms with E-state index in [0.717, 1.165) is 17.1 Å². The lowest BCUT2D eigenvalue weighted by Gasteiger charge is -2.07. The molecule has 3 aromatic rings. The number of oxazole rings is 1. The molecule has 1 aromatic carbocycles. The van der Waals surface area contributed by atoms with Gasteiger partial charge in [0, 0.05) is 11.5 Å². The Hall–Kier alpha value is -2.47. The summed E-state index contributed by atoms with van der Waals surface area (Å²) in [6.07, 6.45) is 4.09. The Morgan fingerprint density at radius 2 is 2.09 bits per heavy atom. The van der Waals surface area contributed by atoms with Crippen molar-refractivity contribution in [1.29, 1.82) is 0 Å². The second-order valence-corrected chi connectivity index (χ2v) is 5.85. The minimum atomic E-state index is -0.0382. The van der Waals surface area contributed by atoms with E-state index in [1.807, 2.05) is 37.3 Å². The molecule has 0 saturated heterocycles. The van der Waals surface area contributed by atoms with E-state index in [9.17, 15) is 0 Å². The van der Waals surface area contributed by atoms with Crippen molar-refractivity contribution in [3.05, 3.63) is 54.1 Å². The highest BCUT2D eigenvalue weighted by atomic mass is 16.5. The van der Waals surface area contributed by atoms with Crippen LogP contribution in [0, 0.1) is 0 Å². The smallest absolute Gasteiger partial charge is 0.240 e. The summed E-state index contributed by atoms with van der Waals surface area (Å²) in [5.74, 6) is 3.35. The number of rotatable bonds is 6. The van der Waals surface area contributed by atoms with Crippen LogP contribution >= 0.6 is 0 Å². The van der Waals surface area contributed by atoms with Crippen molar-refractivity contribution in [2.45, 2.75) is 38.3 Å². The number of benzene rings is 1. The van der Waals surface area contributed by atoms with Crippen LogP contribution in [-0.2, 0) is 6.54 Å². The second kappa shape index (κ2) is 5.96. The van der Waals surface area contributed by atoms with Crippen LogP contribution in [0.1, 0.15) is 49.3 Å². The molecule has 0 aliphatic heterocycles. The molecule has 1 N–H and O–H groups in total. The Morgan fingerprint density at radius 1 is 1.26 bits per heavy atom. The lowest BCUT2D eigenvalue weighted by Crippen LogP contribution is -2.18. The highest BCUT2D eigenvalue weighted by Crippen LogP contribution is 2.38. The Bertz CT molecular complexity index is 777. The Balaban J connectivity index is 1.38. The van der Waals surface area contributed by atoms with Crippen LogP contribution in [0.15, 0.2) is 45.5 Å². The van der Waals surface area contributed by atoms with Gasteiger partial charge in [0.05, 0.1) is 18.8 Å². The summed E-state index contributed by atoms with van der Waals surface area (Å²) >= 11 is 0. The molecular formula is C17H18N4O2. The van der Waals surface area contributed by atoms with Crippen molar-refractivity contribution in [1.82, 2.24) is 20.4 Å². The Morgan fingerprint density at radius 3 is 2.87 bits per heavy atom. The molecule has 0 bridgehead atoms. The van der Waals surface area contributed by atoms with Crippen LogP contribution in [-0.4, -0.2) is 15.1 Å². The third-order valence-corrected chi connectivity index (χ3v) is 3.94. The van der Waals surface area contributed by atoms with Crippen molar-refractivity contribution in [3.8, 4) is 11.3 Å². The normalized spacial score (nSPS) is 15.7. The Kier molecular flexibility index (Phi) is 3.67. The maximum atomic E-state index is 5.83. The lowest BCUT2D eigenvalue weighted by atomic mass is 10.2. The molecule has 1 aliphatic carbocycles. The van der Waals surface area contributed by atoms with E-state index in [0.29, 0.717) is 24.2 Å². The van der Waals surface area contributed by atoms with Gasteiger partial charge in [0.15, 0.2) is 11.6 Å². The van der Waals surface area contributed by atoms with Gasteiger partial charge in [-0.05, 0) is 19.8 Å². The zero-order chi connectivity index (χ0) is 15.6. The molecule has 1 atom stereocenters. The fourth-order valence-corrected chi connectivity index (χ4v) is 2.40. The van der Waals surface area contributed by atoms with Crippen LogP contribution in [0.4, 0.5) is 0 Å². The number of hydrogen-bond acceptors (Lipinski definition) is 6. The van der Waals surface area contributed by atoms with Gasteiger partial charge in [0.2, 0.25) is 11.8 Å². The highest BCUT2D eigenvalue weighted by Gasteiger charge is 2.28. The maximum absolute atomic E-state index is 5.83. The zero-order valence-corrected chi connectivity index (χ0v) is 12.9. The molecule has 4 rings (SSSR count). The first-order valence-electron chi connectivity index (χ1n) is 7.86. The third kappa shape index (κ3) is 3.17. The SMILES string of the molecule is C[C@@H](NCc1nc(C2CC2)no1)c1ncc(-c2ccccc2)o1. The molecule has 6 nitrogen and oxygen atoms in total. The molecule has 0 amide bonds. The van der Waals surface area contributed by atoms with Crippen LogP contribution in [0.3, 0.4) is 0 Å². The van der Waals surface area contributed by atoms with Crippen molar-refractivity contribution >= 4 is 0 Å². The quantitative estimate of drug-likeness (QED) is 0.751. The van der Waals surface area contributed by atoms with Gasteiger partial charge in [-0.25, -0.2) is 4.98 Å². The van der Waals surface area contributed by atoms with E-state index >= 15 is 0 Å². The van der Waals surface area contributed by atoms with Gasteiger partial charge in [-0.3, -0.25) is 5.32 Å². The monoisotopic (exact) mass is 310 g/mol. The van der Waals surface area contributed by atoms with Crippen LogP contribution in [0.5, 0.6) is 0 Å². The molecule has 2 aromatic heterocycles. The fourth-order valence-electron chi connectivity index (χ4n) is 2.40. The fraction of sp³-hybridized carbons (Fsp3) is 0.353. The summed E-state index contributed by atoms with van der Waals surface area (Å²) in [6, 6.07) is 9.90. The molecule has 23 heavy (non-hydrogen) atoms. The number of hydrogen-bond donors (Lipinski definition) is 1. The molecule has 0 spiro atoms. The highest BCUT2D eigenvalue weighted by molar-refractivity contribution is 5.55. The van der Waals surface area contributed by atoms with Gasteiger partial charge in [-0.15, -0.1) is 0 Å². The number of nitrogens with one attached hydrogen (secondary N) is 1. The summed E-state index contributed by atoms with van der Waals surface area (Å²) < 4.78 is 11.1. The first-order valence-corrected chi connectivity index (χ1v) is 7.86. The van der Waals surface area contributed by atoms with Crippen LogP contribution in [0.2, 0.25) is 0 Å². The molecule has 0 radical (unpaired) electrons. The topological polar surface area (TPSA) is 77.0 Å². The minimum absolute atomic E-state index is 0.0382. The summed E-state index contributed by atoms with van der Waals surface area (Å²) in [6.45, 7) is 2.50. The van der Waals surface area contributed by atoms with Gasteiger partial charge in [-0.2, -0.15) is 4.98 Å². The van der Waals surface area contributed by atoms with Crippen molar-refractivity contribution in [2.75, 3.05) is 0 Å². The summed E-state index contributed by atoms with van der Waals surface area (Å²) in [7, 11) is 0. The first kappa shape index (κ1) is 14.1. The number of aromatic nitrogens is 3. The van der Waals surface area contributed by atoms with E-state index in [2.05, 4.69) is 20.4 Å². The predicted molar refractivity (Wildman–Crippen MR) is 83.5 cm³/mol. The zero-order valence-electron chi connectivity index (χ0n) is 12.9. The van der Waals surface area contributed by atoms with E-state index < -0.39 is 0 Å². The average Bonchev–Trinajstić information content (AvgIpc) is 3.14. The van der Waals surface area contributed by atoms with E-state index in [1.54, 1.807) is 6.20 Å². The van der Waals surface area contributed by atoms with E-state index in [4.69, 9.17) is 8.94 Å². The molecular weight excluding hydrogens is 292 g/mol. The summed E-state index contributed by atoms with van der Waals surface area (Å²) in [5, 5.41) is 7.31. The van der Waals surface area contributed by atoms with Gasteiger partial charge >= 0.3 is 0 Å². The molecule has 1 aliphatic rings. The molecule has 2 heterocycles. The minimum Gasteiger partial charge on any atom is -0.439 e. The maximum Gasteiger partial charge on any atom is 0.240 e. The lowest BCUT2D eigenvalue weighted by molar-refractivity contribution is 0.345. The Labute approximate surface area is 133 Å². The first-order chi connectivity index (χ1) is 11.3. The van der Waals surface area contributed by atoms with Crippen molar-refractivity contribution in [2.24, 2.45) is 0 Å². The average molecular weight is 310 g/mol.